The van der Waals surface area contributed by atoms with Crippen molar-refractivity contribution in [3.63, 3.8) is 0 Å². The molecule has 0 unspecified atom stereocenters. The zero-order valence-electron chi connectivity index (χ0n) is 16.8. The van der Waals surface area contributed by atoms with Gasteiger partial charge in [0.1, 0.15) is 6.04 Å². The van der Waals surface area contributed by atoms with E-state index in [9.17, 15) is 9.59 Å². The molecule has 0 bridgehead atoms. The molecule has 0 aliphatic heterocycles. The minimum absolute atomic E-state index is 0.0138. The van der Waals surface area contributed by atoms with Gasteiger partial charge in [0.15, 0.2) is 0 Å². The van der Waals surface area contributed by atoms with Crippen LogP contribution in [0.2, 0.25) is 5.02 Å². The van der Waals surface area contributed by atoms with Crippen LogP contribution in [0, 0.1) is 0 Å². The molecule has 156 valence electrons. The van der Waals surface area contributed by atoms with Gasteiger partial charge in [-0.1, -0.05) is 51.8 Å². The molecule has 2 rings (SSSR count). The fraction of sp³-hybridized carbons (Fsp3) is 0.364. The van der Waals surface area contributed by atoms with E-state index in [0.717, 1.165) is 21.4 Å². The van der Waals surface area contributed by atoms with Gasteiger partial charge in [0.05, 0.1) is 5.75 Å². The van der Waals surface area contributed by atoms with Crippen molar-refractivity contribution in [2.75, 3.05) is 5.75 Å². The molecule has 1 N–H and O–H groups in total. The first-order valence-electron chi connectivity index (χ1n) is 9.42. The van der Waals surface area contributed by atoms with Gasteiger partial charge in [-0.15, -0.1) is 11.8 Å². The van der Waals surface area contributed by atoms with E-state index in [1.807, 2.05) is 56.3 Å². The maximum atomic E-state index is 13.0. The van der Waals surface area contributed by atoms with Gasteiger partial charge in [-0.2, -0.15) is 0 Å². The number of hydrogen-bond donors (Lipinski definition) is 1. The lowest BCUT2D eigenvalue weighted by Crippen LogP contribution is -2.49. The Hall–Kier alpha value is -1.50. The van der Waals surface area contributed by atoms with Crippen molar-refractivity contribution in [2.24, 2.45) is 0 Å². The molecule has 0 saturated carbocycles. The Morgan fingerprint density at radius 1 is 1.10 bits per heavy atom. The summed E-state index contributed by atoms with van der Waals surface area (Å²) in [6.45, 7) is 5.91. The third-order valence-electron chi connectivity index (χ3n) is 4.25. The van der Waals surface area contributed by atoms with Crippen LogP contribution in [0.1, 0.15) is 31.9 Å². The van der Waals surface area contributed by atoms with Crippen molar-refractivity contribution in [1.82, 2.24) is 10.2 Å². The molecule has 0 aliphatic rings. The van der Waals surface area contributed by atoms with Crippen molar-refractivity contribution in [3.05, 3.63) is 69.2 Å². The Kier molecular flexibility index (Phi) is 9.53. The SMILES string of the molecule is CC(C)NC(=O)[C@H](C)N(Cc1cccc(Cl)c1)C(=O)CSCc1ccc(Br)cc1. The summed E-state index contributed by atoms with van der Waals surface area (Å²) >= 11 is 11.1. The van der Waals surface area contributed by atoms with Gasteiger partial charge in [0.25, 0.3) is 0 Å². The molecule has 0 aromatic heterocycles. The molecule has 7 heteroatoms. The lowest BCUT2D eigenvalue weighted by atomic mass is 10.1. The second kappa shape index (κ2) is 11.6. The van der Waals surface area contributed by atoms with Crippen molar-refractivity contribution in [3.8, 4) is 0 Å². The van der Waals surface area contributed by atoms with Crippen LogP contribution < -0.4 is 5.32 Å². The number of amides is 2. The van der Waals surface area contributed by atoms with E-state index in [4.69, 9.17) is 11.6 Å². The standard InChI is InChI=1S/C22H26BrClN2O2S/c1-15(2)25-22(28)16(3)26(12-18-5-4-6-20(24)11-18)21(27)14-29-13-17-7-9-19(23)10-8-17/h4-11,15-16H,12-14H2,1-3H3,(H,25,28)/t16-/m0/s1. The van der Waals surface area contributed by atoms with Crippen LogP contribution in [0.15, 0.2) is 53.0 Å². The monoisotopic (exact) mass is 496 g/mol. The number of thioether (sulfide) groups is 1. The van der Waals surface area contributed by atoms with Gasteiger partial charge < -0.3 is 10.2 Å². The predicted molar refractivity (Wildman–Crippen MR) is 125 cm³/mol. The van der Waals surface area contributed by atoms with E-state index >= 15 is 0 Å². The average Bonchev–Trinajstić information content (AvgIpc) is 2.66. The van der Waals surface area contributed by atoms with Gasteiger partial charge in [0.2, 0.25) is 11.8 Å². The fourth-order valence-corrected chi connectivity index (χ4v) is 4.09. The largest absolute Gasteiger partial charge is 0.352 e. The van der Waals surface area contributed by atoms with Crippen molar-refractivity contribution >= 4 is 51.1 Å². The van der Waals surface area contributed by atoms with Crippen LogP contribution >= 0.6 is 39.3 Å². The number of nitrogens with one attached hydrogen (secondary N) is 1. The number of nitrogens with zero attached hydrogens (tertiary/aromatic N) is 1. The van der Waals surface area contributed by atoms with E-state index in [1.54, 1.807) is 29.7 Å². The van der Waals surface area contributed by atoms with E-state index in [2.05, 4.69) is 21.2 Å². The molecule has 2 amide bonds. The van der Waals surface area contributed by atoms with Gasteiger partial charge in [0, 0.05) is 27.8 Å². The topological polar surface area (TPSA) is 49.4 Å². The summed E-state index contributed by atoms with van der Waals surface area (Å²) in [6.07, 6.45) is 0. The summed E-state index contributed by atoms with van der Waals surface area (Å²) < 4.78 is 1.03. The highest BCUT2D eigenvalue weighted by molar-refractivity contribution is 9.10. The Morgan fingerprint density at radius 3 is 2.41 bits per heavy atom. The molecule has 1 atom stereocenters. The van der Waals surface area contributed by atoms with Gasteiger partial charge >= 0.3 is 0 Å². The molecular weight excluding hydrogens is 472 g/mol. The smallest absolute Gasteiger partial charge is 0.242 e. The van der Waals surface area contributed by atoms with Crippen molar-refractivity contribution in [1.29, 1.82) is 0 Å². The number of benzene rings is 2. The maximum absolute atomic E-state index is 13.0. The normalized spacial score (nSPS) is 11.9. The number of carbonyl (C=O) groups is 2. The summed E-state index contributed by atoms with van der Waals surface area (Å²) in [5.41, 5.74) is 2.05. The van der Waals surface area contributed by atoms with Crippen LogP contribution in [-0.2, 0) is 21.9 Å². The second-order valence-corrected chi connectivity index (χ2v) is 9.45. The molecule has 0 spiro atoms. The molecule has 0 fully saturated rings. The minimum atomic E-state index is -0.572. The van der Waals surface area contributed by atoms with Crippen LogP contribution in [0.4, 0.5) is 0 Å². The van der Waals surface area contributed by atoms with E-state index < -0.39 is 6.04 Å². The van der Waals surface area contributed by atoms with Crippen molar-refractivity contribution < 1.29 is 9.59 Å². The minimum Gasteiger partial charge on any atom is -0.352 e. The third-order valence-corrected chi connectivity index (χ3v) is 6.00. The zero-order chi connectivity index (χ0) is 21.4. The molecule has 2 aromatic rings. The average molecular weight is 498 g/mol. The highest BCUT2D eigenvalue weighted by Gasteiger charge is 2.26. The predicted octanol–water partition coefficient (Wildman–Crippen LogP) is 5.28. The van der Waals surface area contributed by atoms with Crippen LogP contribution in [0.3, 0.4) is 0 Å². The Morgan fingerprint density at radius 2 is 1.79 bits per heavy atom. The van der Waals surface area contributed by atoms with E-state index in [-0.39, 0.29) is 17.9 Å². The summed E-state index contributed by atoms with van der Waals surface area (Å²) in [4.78, 5) is 27.2. The molecule has 2 aromatic carbocycles. The van der Waals surface area contributed by atoms with Crippen LogP contribution in [0.5, 0.6) is 0 Å². The molecule has 4 nitrogen and oxygen atoms in total. The van der Waals surface area contributed by atoms with Gasteiger partial charge in [-0.3, -0.25) is 9.59 Å². The highest BCUT2D eigenvalue weighted by atomic mass is 79.9. The summed E-state index contributed by atoms with van der Waals surface area (Å²) in [7, 11) is 0. The molecule has 0 saturated heterocycles. The maximum Gasteiger partial charge on any atom is 0.242 e. The molecule has 29 heavy (non-hydrogen) atoms. The molecule has 0 aliphatic carbocycles. The number of halogens is 2. The fourth-order valence-electron chi connectivity index (χ4n) is 2.74. The van der Waals surface area contributed by atoms with Gasteiger partial charge in [-0.05, 0) is 56.2 Å². The molecular formula is C22H26BrClN2O2S. The van der Waals surface area contributed by atoms with Gasteiger partial charge in [-0.25, -0.2) is 0 Å². The third kappa shape index (κ3) is 8.03. The molecule has 0 radical (unpaired) electrons. The first kappa shape index (κ1) is 23.8. The first-order chi connectivity index (χ1) is 13.8. The Labute approximate surface area is 190 Å². The number of rotatable bonds is 9. The number of carbonyl (C=O) groups excluding carboxylic acids is 2. The first-order valence-corrected chi connectivity index (χ1v) is 11.8. The highest BCUT2D eigenvalue weighted by Crippen LogP contribution is 2.19. The quantitative estimate of drug-likeness (QED) is 0.513. The lowest BCUT2D eigenvalue weighted by molar-refractivity contribution is -0.138. The number of hydrogen-bond acceptors (Lipinski definition) is 3. The second-order valence-electron chi connectivity index (χ2n) is 7.11. The van der Waals surface area contributed by atoms with E-state index in [1.165, 1.54) is 0 Å². The summed E-state index contributed by atoms with van der Waals surface area (Å²) in [5.74, 6) is 0.804. The summed E-state index contributed by atoms with van der Waals surface area (Å²) in [6, 6.07) is 14.9. The zero-order valence-corrected chi connectivity index (χ0v) is 20.0. The molecule has 0 heterocycles. The van der Waals surface area contributed by atoms with Crippen LogP contribution in [0.25, 0.3) is 0 Å². The summed E-state index contributed by atoms with van der Waals surface area (Å²) in [5, 5.41) is 3.50. The van der Waals surface area contributed by atoms with Crippen LogP contribution in [-0.4, -0.2) is 34.6 Å². The van der Waals surface area contributed by atoms with Crippen molar-refractivity contribution in [2.45, 2.75) is 45.2 Å². The Balaban J connectivity index is 2.06. The Bertz CT molecular complexity index is 830. The van der Waals surface area contributed by atoms with E-state index in [0.29, 0.717) is 17.3 Å². The lowest BCUT2D eigenvalue weighted by Gasteiger charge is -2.29.